The molecule has 0 amide bonds. The summed E-state index contributed by atoms with van der Waals surface area (Å²) in [5.41, 5.74) is 7.10. The maximum atomic E-state index is 5.02. The van der Waals surface area contributed by atoms with Crippen LogP contribution in [-0.4, -0.2) is 4.98 Å². The Morgan fingerprint density at radius 2 is 1.50 bits per heavy atom. The molecule has 0 saturated carbocycles. The second-order valence-electron chi connectivity index (χ2n) is 13.0. The van der Waals surface area contributed by atoms with E-state index in [1.54, 1.807) is 0 Å². The van der Waals surface area contributed by atoms with Crippen LogP contribution in [0.5, 0.6) is 0 Å². The average Bonchev–Trinajstić information content (AvgIpc) is 2.78. The summed E-state index contributed by atoms with van der Waals surface area (Å²) < 4.78 is 0. The van der Waals surface area contributed by atoms with E-state index in [9.17, 15) is 0 Å². The Kier molecular flexibility index (Phi) is 5.29. The Hall–Kier alpha value is -2.84. The van der Waals surface area contributed by atoms with Crippen molar-refractivity contribution in [3.8, 4) is 11.3 Å². The van der Waals surface area contributed by atoms with E-state index in [1.165, 1.54) is 64.4 Å². The number of fused-ring (bicyclic) bond motifs is 5. The van der Waals surface area contributed by atoms with E-state index in [-0.39, 0.29) is 10.8 Å². The first-order chi connectivity index (χ1) is 17.0. The van der Waals surface area contributed by atoms with E-state index in [0.717, 1.165) is 18.5 Å². The SMILES string of the molecule is Cc1cc(CC(C)(C)C)c2cc3c4c(nccc4c2c1)-c1cc2ccccc2c(CC(C)(C)C)c1S3. The molecule has 1 aromatic heterocycles. The number of hydrogen-bond donors (Lipinski definition) is 0. The minimum Gasteiger partial charge on any atom is -0.256 e. The maximum absolute atomic E-state index is 5.02. The van der Waals surface area contributed by atoms with E-state index in [1.807, 2.05) is 18.0 Å². The summed E-state index contributed by atoms with van der Waals surface area (Å²) in [6.07, 6.45) is 4.12. The third-order valence-corrected chi connectivity index (χ3v) is 8.38. The van der Waals surface area contributed by atoms with Crippen LogP contribution in [0.2, 0.25) is 0 Å². The number of rotatable bonds is 2. The number of nitrogens with zero attached hydrogens (tertiary/aromatic N) is 1. The summed E-state index contributed by atoms with van der Waals surface area (Å²) in [4.78, 5) is 7.75. The van der Waals surface area contributed by atoms with Crippen molar-refractivity contribution in [2.24, 2.45) is 10.8 Å². The first-order valence-electron chi connectivity index (χ1n) is 13.1. The highest BCUT2D eigenvalue weighted by molar-refractivity contribution is 8.00. The fraction of sp³-hybridized carbons (Fsp3) is 0.324. The van der Waals surface area contributed by atoms with E-state index in [0.29, 0.717) is 0 Å². The second kappa shape index (κ2) is 8.08. The van der Waals surface area contributed by atoms with Crippen LogP contribution < -0.4 is 0 Å². The topological polar surface area (TPSA) is 12.9 Å². The highest BCUT2D eigenvalue weighted by atomic mass is 32.2. The predicted octanol–water partition coefficient (Wildman–Crippen LogP) is 10.2. The van der Waals surface area contributed by atoms with Crippen LogP contribution in [0.25, 0.3) is 43.6 Å². The molecule has 0 unspecified atom stereocenters. The van der Waals surface area contributed by atoms with Crippen molar-refractivity contribution in [2.75, 3.05) is 0 Å². The zero-order valence-corrected chi connectivity index (χ0v) is 23.4. The van der Waals surface area contributed by atoms with Gasteiger partial charge in [-0.2, -0.15) is 0 Å². The minimum absolute atomic E-state index is 0.193. The third kappa shape index (κ3) is 4.00. The van der Waals surface area contributed by atoms with Gasteiger partial charge in [-0.1, -0.05) is 95.3 Å². The lowest BCUT2D eigenvalue weighted by molar-refractivity contribution is 0.410. The van der Waals surface area contributed by atoms with Gasteiger partial charge in [0.15, 0.2) is 0 Å². The zero-order valence-electron chi connectivity index (χ0n) is 22.5. The molecule has 2 heterocycles. The lowest BCUT2D eigenvalue weighted by Crippen LogP contribution is -2.12. The molecule has 2 heteroatoms. The summed E-state index contributed by atoms with van der Waals surface area (Å²) >= 11 is 1.96. The molecule has 0 spiro atoms. The van der Waals surface area contributed by atoms with Gasteiger partial charge in [-0.15, -0.1) is 0 Å². The standard InChI is InChI=1S/C34H35NS/c1-20-14-22(18-33(2,3)4)25-17-29-30-24(26(25)15-20)12-13-35-31(30)27-16-21-10-8-9-11-23(21)28(32(27)36-29)19-34(5,6)7/h8-17H,18-19H2,1-7H3. The lowest BCUT2D eigenvalue weighted by atomic mass is 9.83. The van der Waals surface area contributed by atoms with Crippen LogP contribution in [0.4, 0.5) is 0 Å². The van der Waals surface area contributed by atoms with Crippen LogP contribution in [0.3, 0.4) is 0 Å². The van der Waals surface area contributed by atoms with Crippen molar-refractivity contribution in [3.63, 3.8) is 0 Å². The third-order valence-electron chi connectivity index (χ3n) is 7.17. The zero-order chi connectivity index (χ0) is 25.4. The van der Waals surface area contributed by atoms with E-state index in [4.69, 9.17) is 4.98 Å². The van der Waals surface area contributed by atoms with Gasteiger partial charge in [-0.05, 0) is 86.9 Å². The van der Waals surface area contributed by atoms with Gasteiger partial charge in [0.2, 0.25) is 0 Å². The Labute approximate surface area is 219 Å². The first kappa shape index (κ1) is 23.6. The van der Waals surface area contributed by atoms with Crippen molar-refractivity contribution in [3.05, 3.63) is 77.5 Å². The molecule has 0 fully saturated rings. The summed E-state index contributed by atoms with van der Waals surface area (Å²) in [7, 11) is 0. The van der Waals surface area contributed by atoms with Crippen molar-refractivity contribution in [1.29, 1.82) is 0 Å². The molecule has 0 N–H and O–H groups in total. The molecule has 0 radical (unpaired) electrons. The first-order valence-corrected chi connectivity index (χ1v) is 13.9. The molecule has 182 valence electrons. The van der Waals surface area contributed by atoms with Gasteiger partial charge in [-0.3, -0.25) is 4.98 Å². The van der Waals surface area contributed by atoms with E-state index in [2.05, 4.69) is 103 Å². The number of hydrogen-bond acceptors (Lipinski definition) is 2. The van der Waals surface area contributed by atoms with Crippen LogP contribution in [0.1, 0.15) is 58.2 Å². The Bertz CT molecular complexity index is 1680. The monoisotopic (exact) mass is 489 g/mol. The number of pyridine rings is 1. The molecule has 1 nitrogen and oxygen atoms in total. The lowest BCUT2D eigenvalue weighted by Gasteiger charge is -2.28. The molecule has 1 aliphatic rings. The van der Waals surface area contributed by atoms with Gasteiger partial charge in [-0.25, -0.2) is 0 Å². The van der Waals surface area contributed by atoms with Gasteiger partial charge in [0.1, 0.15) is 0 Å². The molecular weight excluding hydrogens is 454 g/mol. The maximum Gasteiger partial charge on any atom is 0.0803 e. The molecule has 36 heavy (non-hydrogen) atoms. The smallest absolute Gasteiger partial charge is 0.0803 e. The van der Waals surface area contributed by atoms with E-state index >= 15 is 0 Å². The highest BCUT2D eigenvalue weighted by Crippen LogP contribution is 2.52. The van der Waals surface area contributed by atoms with Gasteiger partial charge in [0.05, 0.1) is 5.69 Å². The summed E-state index contributed by atoms with van der Waals surface area (Å²) in [5, 5.41) is 8.07. The van der Waals surface area contributed by atoms with Crippen molar-refractivity contribution in [2.45, 2.75) is 71.1 Å². The molecule has 0 atom stereocenters. The van der Waals surface area contributed by atoms with Crippen molar-refractivity contribution in [1.82, 2.24) is 4.98 Å². The molecule has 0 bridgehead atoms. The number of aryl methyl sites for hydroxylation is 1. The summed E-state index contributed by atoms with van der Waals surface area (Å²) in [6, 6.07) is 20.7. The Morgan fingerprint density at radius 1 is 0.750 bits per heavy atom. The van der Waals surface area contributed by atoms with Gasteiger partial charge < -0.3 is 0 Å². The molecule has 4 aromatic carbocycles. The second-order valence-corrected chi connectivity index (χ2v) is 14.1. The normalized spacial score (nSPS) is 13.5. The molecule has 6 rings (SSSR count). The van der Waals surface area contributed by atoms with Gasteiger partial charge in [0, 0.05) is 26.9 Å². The molecule has 5 aromatic rings. The fourth-order valence-electron chi connectivity index (χ4n) is 5.92. The molecule has 0 aliphatic carbocycles. The summed E-state index contributed by atoms with van der Waals surface area (Å²) in [6.45, 7) is 16.3. The van der Waals surface area contributed by atoms with Crippen molar-refractivity contribution >= 4 is 44.1 Å². The Morgan fingerprint density at radius 3 is 2.25 bits per heavy atom. The van der Waals surface area contributed by atoms with Gasteiger partial charge >= 0.3 is 0 Å². The molecule has 1 aliphatic heterocycles. The average molecular weight is 490 g/mol. The van der Waals surface area contributed by atoms with Crippen molar-refractivity contribution < 1.29 is 0 Å². The summed E-state index contributed by atoms with van der Waals surface area (Å²) in [5.74, 6) is 0. The fourth-order valence-corrected chi connectivity index (χ4v) is 7.20. The van der Waals surface area contributed by atoms with Gasteiger partial charge in [0.25, 0.3) is 0 Å². The minimum atomic E-state index is 0.193. The van der Waals surface area contributed by atoms with E-state index < -0.39 is 0 Å². The van der Waals surface area contributed by atoms with Crippen LogP contribution in [-0.2, 0) is 12.8 Å². The Balaban J connectivity index is 1.71. The van der Waals surface area contributed by atoms with Crippen LogP contribution >= 0.6 is 11.8 Å². The largest absolute Gasteiger partial charge is 0.256 e. The number of aromatic nitrogens is 1. The van der Waals surface area contributed by atoms with Crippen LogP contribution in [0.15, 0.2) is 70.6 Å². The molecule has 0 saturated heterocycles. The highest BCUT2D eigenvalue weighted by Gasteiger charge is 2.28. The molecular formula is C34H35NS. The number of benzene rings is 4. The quantitative estimate of drug-likeness (QED) is 0.224. The van der Waals surface area contributed by atoms with Crippen LogP contribution in [0, 0.1) is 17.8 Å². The predicted molar refractivity (Wildman–Crippen MR) is 157 cm³/mol.